The molecule has 0 aliphatic carbocycles. The van der Waals surface area contributed by atoms with Crippen LogP contribution in [0.25, 0.3) is 0 Å². The van der Waals surface area contributed by atoms with Crippen LogP contribution >= 0.6 is 15.9 Å². The van der Waals surface area contributed by atoms with E-state index < -0.39 is 0 Å². The molecule has 0 aliphatic heterocycles. The maximum atomic E-state index is 9.98. The first-order valence-corrected chi connectivity index (χ1v) is 7.44. The molecule has 1 rings (SSSR count). The Labute approximate surface area is 139 Å². The van der Waals surface area contributed by atoms with Crippen molar-refractivity contribution in [2.45, 2.75) is 13.8 Å². The van der Waals surface area contributed by atoms with Crippen molar-refractivity contribution in [2.75, 3.05) is 19.0 Å². The molecule has 5 nitrogen and oxygen atoms in total. The molecule has 1 aromatic heterocycles. The number of hydrogen-bond donors (Lipinski definition) is 3. The SMILES string of the molecule is C=C/C(O)=C(CNc1ncc(Br)cc1C(C)=N)\C(=C/C)OC. The Hall–Kier alpha value is -2.08. The molecular weight excluding hydrogens is 346 g/mol. The molecule has 0 fully saturated rings. The predicted octanol–water partition coefficient (Wildman–Crippen LogP) is 4.19. The van der Waals surface area contributed by atoms with Gasteiger partial charge in [-0.05, 0) is 48.0 Å². The summed E-state index contributed by atoms with van der Waals surface area (Å²) < 4.78 is 6.06. The van der Waals surface area contributed by atoms with Crippen molar-refractivity contribution in [3.05, 3.63) is 58.1 Å². The van der Waals surface area contributed by atoms with Crippen molar-refractivity contribution in [2.24, 2.45) is 0 Å². The fourth-order valence-electron chi connectivity index (χ4n) is 1.88. The van der Waals surface area contributed by atoms with E-state index in [4.69, 9.17) is 10.1 Å². The zero-order chi connectivity index (χ0) is 16.7. The first-order valence-electron chi connectivity index (χ1n) is 6.64. The van der Waals surface area contributed by atoms with Gasteiger partial charge in [0.1, 0.15) is 17.3 Å². The van der Waals surface area contributed by atoms with Gasteiger partial charge in [0.15, 0.2) is 0 Å². The Morgan fingerprint density at radius 2 is 2.27 bits per heavy atom. The third kappa shape index (κ3) is 4.46. The van der Waals surface area contributed by atoms with Crippen molar-refractivity contribution in [3.8, 4) is 0 Å². The largest absolute Gasteiger partial charge is 0.507 e. The van der Waals surface area contributed by atoms with Crippen molar-refractivity contribution >= 4 is 27.5 Å². The van der Waals surface area contributed by atoms with Crippen molar-refractivity contribution in [1.82, 2.24) is 4.98 Å². The molecule has 22 heavy (non-hydrogen) atoms. The van der Waals surface area contributed by atoms with Gasteiger partial charge in [-0.2, -0.15) is 0 Å². The molecule has 0 saturated heterocycles. The molecule has 0 unspecified atom stereocenters. The molecule has 6 heteroatoms. The van der Waals surface area contributed by atoms with Gasteiger partial charge >= 0.3 is 0 Å². The number of rotatable bonds is 7. The summed E-state index contributed by atoms with van der Waals surface area (Å²) in [6, 6.07) is 1.82. The number of nitrogens with zero attached hydrogens (tertiary/aromatic N) is 1. The van der Waals surface area contributed by atoms with Crippen LogP contribution in [0.4, 0.5) is 5.82 Å². The van der Waals surface area contributed by atoms with E-state index in [1.54, 1.807) is 19.2 Å². The number of halogens is 1. The van der Waals surface area contributed by atoms with Crippen LogP contribution in [0.1, 0.15) is 19.4 Å². The van der Waals surface area contributed by atoms with Gasteiger partial charge in [-0.25, -0.2) is 4.98 Å². The number of aromatic nitrogens is 1. The number of aliphatic hydroxyl groups excluding tert-OH is 1. The topological polar surface area (TPSA) is 78.2 Å². The Bertz CT molecular complexity index is 636. The molecule has 1 heterocycles. The third-order valence-electron chi connectivity index (χ3n) is 2.97. The second-order valence-electron chi connectivity index (χ2n) is 4.45. The molecule has 0 spiro atoms. The maximum Gasteiger partial charge on any atom is 0.135 e. The molecule has 1 aromatic rings. The number of aliphatic hydroxyl groups is 1. The molecule has 118 valence electrons. The van der Waals surface area contributed by atoms with E-state index in [1.807, 2.05) is 13.0 Å². The quantitative estimate of drug-likeness (QED) is 0.384. The second-order valence-corrected chi connectivity index (χ2v) is 5.37. The van der Waals surface area contributed by atoms with Crippen molar-refractivity contribution in [1.29, 1.82) is 5.41 Å². The minimum absolute atomic E-state index is 0.0349. The number of hydrogen-bond acceptors (Lipinski definition) is 5. The number of ether oxygens (including phenoxy) is 1. The highest BCUT2D eigenvalue weighted by Gasteiger charge is 2.12. The van der Waals surface area contributed by atoms with Crippen LogP contribution in [0.2, 0.25) is 0 Å². The van der Waals surface area contributed by atoms with E-state index in [9.17, 15) is 5.11 Å². The molecular formula is C16H20BrN3O2. The van der Waals surface area contributed by atoms with Gasteiger partial charge in [0, 0.05) is 28.5 Å². The fraction of sp³-hybridized carbons (Fsp3) is 0.250. The van der Waals surface area contributed by atoms with E-state index in [0.29, 0.717) is 35.0 Å². The standard InChI is InChI=1S/C16H20BrN3O2/c1-5-14(21)13(15(6-2)22-4)9-20-16-12(10(3)18)7-11(17)8-19-16/h5-8,18,21H,1,9H2,2-4H3,(H,19,20)/b14-13+,15-6+,18-10?. The second kappa shape index (κ2) is 8.38. The number of anilines is 1. The fourth-order valence-corrected chi connectivity index (χ4v) is 2.21. The highest BCUT2D eigenvalue weighted by Crippen LogP contribution is 2.21. The number of methoxy groups -OCH3 is 1. The summed E-state index contributed by atoms with van der Waals surface area (Å²) in [6.07, 6.45) is 4.77. The highest BCUT2D eigenvalue weighted by molar-refractivity contribution is 9.10. The summed E-state index contributed by atoms with van der Waals surface area (Å²) >= 11 is 3.35. The van der Waals surface area contributed by atoms with E-state index >= 15 is 0 Å². The summed E-state index contributed by atoms with van der Waals surface area (Å²) in [5, 5.41) is 20.9. The molecule has 0 radical (unpaired) electrons. The monoisotopic (exact) mass is 365 g/mol. The molecule has 0 saturated carbocycles. The highest BCUT2D eigenvalue weighted by atomic mass is 79.9. The summed E-state index contributed by atoms with van der Waals surface area (Å²) in [4.78, 5) is 4.28. The first-order chi connectivity index (χ1) is 10.4. The lowest BCUT2D eigenvalue weighted by Crippen LogP contribution is -2.13. The first kappa shape index (κ1) is 18.0. The van der Waals surface area contributed by atoms with Crippen molar-refractivity contribution < 1.29 is 9.84 Å². The minimum atomic E-state index is 0.0349. The van der Waals surface area contributed by atoms with Gasteiger partial charge < -0.3 is 20.6 Å². The van der Waals surface area contributed by atoms with Gasteiger partial charge in [-0.1, -0.05) is 6.58 Å². The molecule has 0 amide bonds. The minimum Gasteiger partial charge on any atom is -0.507 e. The molecule has 3 N–H and O–H groups in total. The lowest BCUT2D eigenvalue weighted by molar-refractivity contribution is 0.293. The van der Waals surface area contributed by atoms with Gasteiger partial charge in [-0.3, -0.25) is 0 Å². The molecule has 0 bridgehead atoms. The summed E-state index contributed by atoms with van der Waals surface area (Å²) in [7, 11) is 1.54. The van der Waals surface area contributed by atoms with Crippen molar-refractivity contribution in [3.63, 3.8) is 0 Å². The summed E-state index contributed by atoms with van der Waals surface area (Å²) in [5.74, 6) is 1.15. The van der Waals surface area contributed by atoms with Crippen LogP contribution in [-0.4, -0.2) is 29.5 Å². The van der Waals surface area contributed by atoms with E-state index in [-0.39, 0.29) is 5.76 Å². The van der Waals surface area contributed by atoms with E-state index in [2.05, 4.69) is 32.8 Å². The van der Waals surface area contributed by atoms with E-state index in [0.717, 1.165) is 4.47 Å². The third-order valence-corrected chi connectivity index (χ3v) is 3.41. The Morgan fingerprint density at radius 3 is 2.77 bits per heavy atom. The summed E-state index contributed by atoms with van der Waals surface area (Å²) in [6.45, 7) is 7.38. The predicted molar refractivity (Wildman–Crippen MR) is 93.5 cm³/mol. The van der Waals surface area contributed by atoms with Crippen LogP contribution in [0.5, 0.6) is 0 Å². The molecule has 0 atom stereocenters. The molecule has 0 aliphatic rings. The zero-order valence-electron chi connectivity index (χ0n) is 12.9. The maximum absolute atomic E-state index is 9.98. The van der Waals surface area contributed by atoms with Crippen LogP contribution in [0.15, 0.2) is 52.6 Å². The van der Waals surface area contributed by atoms with Crippen LogP contribution in [0, 0.1) is 5.41 Å². The molecule has 0 aromatic carbocycles. The Morgan fingerprint density at radius 1 is 1.59 bits per heavy atom. The average Bonchev–Trinajstić information content (AvgIpc) is 2.51. The smallest absolute Gasteiger partial charge is 0.135 e. The Kier molecular flexibility index (Phi) is 6.85. The van der Waals surface area contributed by atoms with Gasteiger partial charge in [0.05, 0.1) is 12.7 Å². The lowest BCUT2D eigenvalue weighted by Gasteiger charge is -2.15. The number of nitrogens with one attached hydrogen (secondary N) is 2. The summed E-state index contributed by atoms with van der Waals surface area (Å²) in [5.41, 5.74) is 1.65. The van der Waals surface area contributed by atoms with Gasteiger partial charge in [-0.15, -0.1) is 0 Å². The number of allylic oxidation sites excluding steroid dienone is 2. The average molecular weight is 366 g/mol. The van der Waals surface area contributed by atoms with Crippen LogP contribution < -0.4 is 5.32 Å². The van der Waals surface area contributed by atoms with E-state index in [1.165, 1.54) is 13.2 Å². The van der Waals surface area contributed by atoms with Crippen LogP contribution in [0.3, 0.4) is 0 Å². The Balaban J connectivity index is 3.10. The van der Waals surface area contributed by atoms with Gasteiger partial charge in [0.2, 0.25) is 0 Å². The van der Waals surface area contributed by atoms with Crippen LogP contribution in [-0.2, 0) is 4.74 Å². The van der Waals surface area contributed by atoms with Gasteiger partial charge in [0.25, 0.3) is 0 Å². The number of pyridine rings is 1. The lowest BCUT2D eigenvalue weighted by atomic mass is 10.1. The normalized spacial score (nSPS) is 12.5. The zero-order valence-corrected chi connectivity index (χ0v) is 14.5.